The Morgan fingerprint density at radius 3 is 2.31 bits per heavy atom. The number of amides is 2. The zero-order valence-corrected chi connectivity index (χ0v) is 17.4. The van der Waals surface area contributed by atoms with Gasteiger partial charge < -0.3 is 15.0 Å². The number of para-hydroxylation sites is 1. The molecule has 3 aromatic rings. The molecule has 3 rings (SSSR count). The highest BCUT2D eigenvalue weighted by atomic mass is 35.5. The highest BCUT2D eigenvalue weighted by Gasteiger charge is 2.16. The molecule has 29 heavy (non-hydrogen) atoms. The molecule has 0 radical (unpaired) electrons. The van der Waals surface area contributed by atoms with Crippen LogP contribution in [0.5, 0.6) is 5.75 Å². The smallest absolute Gasteiger partial charge is 0.260 e. The predicted octanol–water partition coefficient (Wildman–Crippen LogP) is 4.59. The van der Waals surface area contributed by atoms with Gasteiger partial charge in [0.2, 0.25) is 5.91 Å². The summed E-state index contributed by atoms with van der Waals surface area (Å²) >= 11 is 6.21. The van der Waals surface area contributed by atoms with Crippen LogP contribution in [0.3, 0.4) is 0 Å². The van der Waals surface area contributed by atoms with Crippen molar-refractivity contribution >= 4 is 39.9 Å². The molecule has 0 aromatic heterocycles. The topological polar surface area (TPSA) is 58.6 Å². The van der Waals surface area contributed by atoms with E-state index in [0.29, 0.717) is 10.8 Å². The number of carbonyl (C=O) groups excluding carboxylic acids is 2. The lowest BCUT2D eigenvalue weighted by Crippen LogP contribution is -2.37. The van der Waals surface area contributed by atoms with E-state index in [-0.39, 0.29) is 25.0 Å². The third kappa shape index (κ3) is 4.87. The second kappa shape index (κ2) is 8.97. The van der Waals surface area contributed by atoms with Gasteiger partial charge in [-0.2, -0.15) is 0 Å². The van der Waals surface area contributed by atoms with E-state index in [1.54, 1.807) is 19.2 Å². The molecular weight excluding hydrogens is 388 g/mol. The van der Waals surface area contributed by atoms with Crippen LogP contribution in [-0.2, 0) is 9.59 Å². The van der Waals surface area contributed by atoms with Gasteiger partial charge in [-0.25, -0.2) is 0 Å². The van der Waals surface area contributed by atoms with Gasteiger partial charge in [0.1, 0.15) is 5.75 Å². The minimum atomic E-state index is -0.291. The number of nitrogens with zero attached hydrogens (tertiary/aromatic N) is 1. The third-order valence-electron chi connectivity index (χ3n) is 4.73. The van der Waals surface area contributed by atoms with Gasteiger partial charge in [0.25, 0.3) is 5.91 Å². The van der Waals surface area contributed by atoms with Crippen molar-refractivity contribution in [1.82, 2.24) is 4.90 Å². The Labute approximate surface area is 175 Å². The molecule has 0 atom stereocenters. The number of hydrogen-bond donors (Lipinski definition) is 1. The number of nitrogens with one attached hydrogen (secondary N) is 1. The van der Waals surface area contributed by atoms with Crippen LogP contribution in [0.1, 0.15) is 11.1 Å². The van der Waals surface area contributed by atoms with Crippen molar-refractivity contribution in [1.29, 1.82) is 0 Å². The van der Waals surface area contributed by atoms with Gasteiger partial charge in [0, 0.05) is 28.5 Å². The minimum Gasteiger partial charge on any atom is -0.483 e. The fourth-order valence-corrected chi connectivity index (χ4v) is 3.33. The molecule has 0 saturated heterocycles. The number of benzene rings is 3. The number of carbonyl (C=O) groups is 2. The molecule has 0 fully saturated rings. The first-order valence-electron chi connectivity index (χ1n) is 9.27. The number of anilines is 1. The first kappa shape index (κ1) is 20.7. The van der Waals surface area contributed by atoms with Crippen molar-refractivity contribution < 1.29 is 14.3 Å². The Bertz CT molecular complexity index is 1040. The van der Waals surface area contributed by atoms with Crippen LogP contribution in [0, 0.1) is 13.8 Å². The van der Waals surface area contributed by atoms with Crippen molar-refractivity contribution in [2.45, 2.75) is 13.8 Å². The monoisotopic (exact) mass is 410 g/mol. The second-order valence-corrected chi connectivity index (χ2v) is 7.35. The fourth-order valence-electron chi connectivity index (χ4n) is 3.10. The number of hydrogen-bond acceptors (Lipinski definition) is 3. The first-order chi connectivity index (χ1) is 13.9. The molecule has 2 amide bonds. The molecule has 0 saturated carbocycles. The Morgan fingerprint density at radius 1 is 0.966 bits per heavy atom. The van der Waals surface area contributed by atoms with Crippen molar-refractivity contribution in [3.63, 3.8) is 0 Å². The lowest BCUT2D eigenvalue weighted by molar-refractivity contribution is -0.135. The number of likely N-dealkylation sites (N-methyl/N-ethyl adjacent to an activating group) is 1. The first-order valence-corrected chi connectivity index (χ1v) is 9.64. The summed E-state index contributed by atoms with van der Waals surface area (Å²) < 4.78 is 5.71. The quantitative estimate of drug-likeness (QED) is 0.646. The summed E-state index contributed by atoms with van der Waals surface area (Å²) in [7, 11) is 1.58. The number of aryl methyl sites for hydroxylation is 2. The molecule has 0 aliphatic carbocycles. The van der Waals surface area contributed by atoms with Crippen LogP contribution < -0.4 is 10.1 Å². The molecule has 6 heteroatoms. The predicted molar refractivity (Wildman–Crippen MR) is 117 cm³/mol. The molecule has 0 bridgehead atoms. The van der Waals surface area contributed by atoms with Gasteiger partial charge in [-0.3, -0.25) is 9.59 Å². The van der Waals surface area contributed by atoms with E-state index in [9.17, 15) is 9.59 Å². The lowest BCUT2D eigenvalue weighted by atomic mass is 10.1. The fraction of sp³-hybridized carbons (Fsp3) is 0.217. The van der Waals surface area contributed by atoms with E-state index >= 15 is 0 Å². The molecule has 0 aliphatic heterocycles. The summed E-state index contributed by atoms with van der Waals surface area (Å²) in [5.74, 6) is 0.0302. The van der Waals surface area contributed by atoms with Gasteiger partial charge in [0.15, 0.2) is 6.61 Å². The van der Waals surface area contributed by atoms with Crippen LogP contribution in [0.2, 0.25) is 5.02 Å². The van der Waals surface area contributed by atoms with Gasteiger partial charge in [-0.1, -0.05) is 54.1 Å². The van der Waals surface area contributed by atoms with Crippen LogP contribution >= 0.6 is 11.6 Å². The summed E-state index contributed by atoms with van der Waals surface area (Å²) in [6, 6.07) is 16.9. The van der Waals surface area contributed by atoms with Gasteiger partial charge >= 0.3 is 0 Å². The average Bonchev–Trinajstić information content (AvgIpc) is 2.70. The molecule has 5 nitrogen and oxygen atoms in total. The van der Waals surface area contributed by atoms with E-state index < -0.39 is 0 Å². The van der Waals surface area contributed by atoms with E-state index in [2.05, 4.69) is 5.32 Å². The standard InChI is InChI=1S/C23H23ClN2O3/c1-15-7-6-8-16(2)23(15)25-21(27)13-26(3)22(28)14-29-20-12-11-19(24)17-9-4-5-10-18(17)20/h4-12H,13-14H2,1-3H3,(H,25,27). The van der Waals surface area contributed by atoms with Crippen molar-refractivity contribution in [2.24, 2.45) is 0 Å². The summed E-state index contributed by atoms with van der Waals surface area (Å²) in [6.07, 6.45) is 0. The molecule has 0 heterocycles. The summed E-state index contributed by atoms with van der Waals surface area (Å²) in [5, 5.41) is 5.20. The van der Waals surface area contributed by atoms with E-state index in [1.165, 1.54) is 4.90 Å². The van der Waals surface area contributed by atoms with Crippen LogP contribution in [-0.4, -0.2) is 36.9 Å². The summed E-state index contributed by atoms with van der Waals surface area (Å²) in [6.45, 7) is 3.64. The lowest BCUT2D eigenvalue weighted by Gasteiger charge is -2.19. The maximum atomic E-state index is 12.4. The zero-order chi connectivity index (χ0) is 21.0. The van der Waals surface area contributed by atoms with Gasteiger partial charge in [0.05, 0.1) is 6.54 Å². The Balaban J connectivity index is 1.60. The Morgan fingerprint density at radius 2 is 1.62 bits per heavy atom. The number of ether oxygens (including phenoxy) is 1. The maximum absolute atomic E-state index is 12.4. The largest absolute Gasteiger partial charge is 0.483 e. The van der Waals surface area contributed by atoms with Crippen LogP contribution in [0.15, 0.2) is 54.6 Å². The van der Waals surface area contributed by atoms with Gasteiger partial charge in [-0.05, 0) is 37.1 Å². The van der Waals surface area contributed by atoms with Crippen molar-refractivity contribution in [2.75, 3.05) is 25.5 Å². The highest BCUT2D eigenvalue weighted by Crippen LogP contribution is 2.31. The van der Waals surface area contributed by atoms with Gasteiger partial charge in [-0.15, -0.1) is 0 Å². The molecule has 0 aliphatic rings. The summed E-state index contributed by atoms with van der Waals surface area (Å²) in [4.78, 5) is 26.1. The molecule has 150 valence electrons. The van der Waals surface area contributed by atoms with E-state index in [4.69, 9.17) is 16.3 Å². The Hall–Kier alpha value is -3.05. The molecule has 1 N–H and O–H groups in total. The minimum absolute atomic E-state index is 0.0582. The molecule has 0 spiro atoms. The summed E-state index contributed by atoms with van der Waals surface area (Å²) in [5.41, 5.74) is 2.73. The van der Waals surface area contributed by atoms with Crippen LogP contribution in [0.4, 0.5) is 5.69 Å². The van der Waals surface area contributed by atoms with E-state index in [0.717, 1.165) is 27.6 Å². The average molecular weight is 411 g/mol. The zero-order valence-electron chi connectivity index (χ0n) is 16.7. The highest BCUT2D eigenvalue weighted by molar-refractivity contribution is 6.35. The third-order valence-corrected chi connectivity index (χ3v) is 5.06. The SMILES string of the molecule is Cc1cccc(C)c1NC(=O)CN(C)C(=O)COc1ccc(Cl)c2ccccc12. The number of rotatable bonds is 6. The molecule has 0 unspecified atom stereocenters. The van der Waals surface area contributed by atoms with Crippen molar-refractivity contribution in [3.8, 4) is 5.75 Å². The molecule has 3 aromatic carbocycles. The maximum Gasteiger partial charge on any atom is 0.260 e. The van der Waals surface area contributed by atoms with E-state index in [1.807, 2.05) is 56.3 Å². The Kier molecular flexibility index (Phi) is 6.39. The van der Waals surface area contributed by atoms with Crippen molar-refractivity contribution in [3.05, 3.63) is 70.7 Å². The number of fused-ring (bicyclic) bond motifs is 1. The molecular formula is C23H23ClN2O3. The second-order valence-electron chi connectivity index (χ2n) is 6.94. The number of halogens is 1. The van der Waals surface area contributed by atoms with Crippen LogP contribution in [0.25, 0.3) is 10.8 Å². The normalized spacial score (nSPS) is 10.6.